The highest BCUT2D eigenvalue weighted by atomic mass is 16.3. The number of carbonyl (C=O) groups is 2. The van der Waals surface area contributed by atoms with Crippen molar-refractivity contribution < 1.29 is 18.4 Å². The monoisotopic (exact) mass is 479 g/mol. The van der Waals surface area contributed by atoms with Crippen LogP contribution in [0.2, 0.25) is 0 Å². The number of Topliss-reactive ketones (excluding diaryl/α,β-unsaturated/α-hetero) is 1. The molecule has 7 nitrogen and oxygen atoms in total. The number of urea groups is 1. The van der Waals surface area contributed by atoms with Crippen LogP contribution < -0.4 is 15.5 Å². The number of rotatable bonds is 4. The average molecular weight is 480 g/mol. The Labute approximate surface area is 208 Å². The summed E-state index contributed by atoms with van der Waals surface area (Å²) in [6, 6.07) is 23.8. The number of nitrogens with zero attached hydrogens (tertiary/aromatic N) is 1. The summed E-state index contributed by atoms with van der Waals surface area (Å²) in [4.78, 5) is 29.3. The van der Waals surface area contributed by atoms with Crippen molar-refractivity contribution in [1.82, 2.24) is 5.32 Å². The number of allylic oxidation sites excluding steroid dienone is 1. The Morgan fingerprint density at radius 3 is 2.47 bits per heavy atom. The Morgan fingerprint density at radius 1 is 0.917 bits per heavy atom. The topological polar surface area (TPSA) is 87.7 Å². The molecule has 2 N–H and O–H groups in total. The van der Waals surface area contributed by atoms with Crippen molar-refractivity contribution >= 4 is 23.2 Å². The third kappa shape index (κ3) is 3.98. The fourth-order valence-corrected chi connectivity index (χ4v) is 5.15. The molecule has 0 saturated heterocycles. The molecule has 0 bridgehead atoms. The van der Waals surface area contributed by atoms with Crippen molar-refractivity contribution in [3.63, 3.8) is 0 Å². The minimum Gasteiger partial charge on any atom is -0.469 e. The summed E-state index contributed by atoms with van der Waals surface area (Å²) >= 11 is 0. The molecule has 2 amide bonds. The molecule has 0 spiro atoms. The maximum atomic E-state index is 13.8. The highest BCUT2D eigenvalue weighted by molar-refractivity contribution is 6.06. The van der Waals surface area contributed by atoms with E-state index in [0.29, 0.717) is 29.9 Å². The molecular formula is C29H25N3O4. The van der Waals surface area contributed by atoms with Gasteiger partial charge in [0.1, 0.15) is 11.5 Å². The highest BCUT2D eigenvalue weighted by Crippen LogP contribution is 2.47. The van der Waals surface area contributed by atoms with Gasteiger partial charge in [0, 0.05) is 23.6 Å². The van der Waals surface area contributed by atoms with E-state index in [4.69, 9.17) is 8.83 Å². The van der Waals surface area contributed by atoms with Gasteiger partial charge in [-0.3, -0.25) is 9.69 Å². The molecule has 2 aromatic heterocycles. The number of carbonyl (C=O) groups excluding carboxylic acids is 2. The lowest BCUT2D eigenvalue weighted by atomic mass is 9.80. The molecule has 0 radical (unpaired) electrons. The van der Waals surface area contributed by atoms with E-state index in [1.165, 1.54) is 0 Å². The van der Waals surface area contributed by atoms with Crippen LogP contribution in [0.15, 0.2) is 111 Å². The summed E-state index contributed by atoms with van der Waals surface area (Å²) in [6.07, 6.45) is 4.13. The summed E-state index contributed by atoms with van der Waals surface area (Å²) in [7, 11) is 0. The van der Waals surface area contributed by atoms with Crippen LogP contribution in [0.4, 0.5) is 16.2 Å². The largest absolute Gasteiger partial charge is 0.469 e. The molecule has 4 aromatic rings. The summed E-state index contributed by atoms with van der Waals surface area (Å²) in [5.41, 5.74) is 3.75. The van der Waals surface area contributed by atoms with Crippen LogP contribution in [-0.2, 0) is 11.3 Å². The molecule has 2 aromatic carbocycles. The van der Waals surface area contributed by atoms with E-state index in [1.807, 2.05) is 72.8 Å². The van der Waals surface area contributed by atoms with Gasteiger partial charge >= 0.3 is 6.03 Å². The molecule has 2 atom stereocenters. The molecule has 3 heterocycles. The molecule has 0 saturated carbocycles. The summed E-state index contributed by atoms with van der Waals surface area (Å²) in [6.45, 7) is 0.236. The number of hydrogen-bond donors (Lipinski definition) is 2. The molecule has 2 aliphatic rings. The number of benzene rings is 2. The Morgan fingerprint density at radius 2 is 1.69 bits per heavy atom. The molecule has 0 fully saturated rings. The number of amides is 2. The number of fused-ring (bicyclic) bond motifs is 1. The van der Waals surface area contributed by atoms with Crippen molar-refractivity contribution in [2.45, 2.75) is 31.3 Å². The molecule has 1 aliphatic carbocycles. The van der Waals surface area contributed by atoms with Crippen LogP contribution in [0.25, 0.3) is 0 Å². The van der Waals surface area contributed by atoms with Crippen molar-refractivity contribution in [3.8, 4) is 0 Å². The van der Waals surface area contributed by atoms with E-state index < -0.39 is 6.04 Å². The quantitative estimate of drug-likeness (QED) is 0.366. The van der Waals surface area contributed by atoms with Gasteiger partial charge in [-0.15, -0.1) is 0 Å². The fourth-order valence-electron chi connectivity index (χ4n) is 5.15. The van der Waals surface area contributed by atoms with Crippen LogP contribution in [0.3, 0.4) is 0 Å². The number of anilines is 2. The highest BCUT2D eigenvalue weighted by Gasteiger charge is 2.42. The number of para-hydroxylation sites is 2. The van der Waals surface area contributed by atoms with Gasteiger partial charge in [-0.05, 0) is 48.4 Å². The van der Waals surface area contributed by atoms with Crippen molar-refractivity contribution in [2.24, 2.45) is 0 Å². The van der Waals surface area contributed by atoms with Crippen LogP contribution in [0.1, 0.15) is 41.9 Å². The standard InChI is InChI=1S/C29H25N3O4/c33-25-17-20(26-13-7-15-36-26)16-23-27(25)28(19-8-2-1-3-9-19)32(24-12-5-4-11-22(24)31-23)29(34)30-18-21-10-6-14-35-21/h1-15,20,28,31H,16-18H2,(H,30,34)/t20-,28+/m1/s1. The minimum absolute atomic E-state index is 0.00403. The number of hydrogen-bond acceptors (Lipinski definition) is 5. The summed E-state index contributed by atoms with van der Waals surface area (Å²) in [5, 5.41) is 6.50. The van der Waals surface area contributed by atoms with Gasteiger partial charge in [-0.2, -0.15) is 0 Å². The van der Waals surface area contributed by atoms with Crippen molar-refractivity contribution in [1.29, 1.82) is 0 Å². The molecule has 6 rings (SSSR count). The minimum atomic E-state index is -0.598. The first kappa shape index (κ1) is 22.0. The summed E-state index contributed by atoms with van der Waals surface area (Å²) in [5.74, 6) is 1.37. The molecule has 0 unspecified atom stereocenters. The van der Waals surface area contributed by atoms with E-state index in [-0.39, 0.29) is 24.3 Å². The molecule has 1 aliphatic heterocycles. The first-order valence-corrected chi connectivity index (χ1v) is 12.0. The third-order valence-corrected chi connectivity index (χ3v) is 6.76. The summed E-state index contributed by atoms with van der Waals surface area (Å²) < 4.78 is 11.1. The lowest BCUT2D eigenvalue weighted by molar-refractivity contribution is -0.116. The maximum Gasteiger partial charge on any atom is 0.323 e. The average Bonchev–Trinajstić information content (AvgIpc) is 3.60. The first-order chi connectivity index (χ1) is 17.7. The van der Waals surface area contributed by atoms with E-state index in [2.05, 4.69) is 10.6 Å². The van der Waals surface area contributed by atoms with Gasteiger partial charge in [-0.25, -0.2) is 4.79 Å². The second kappa shape index (κ2) is 9.26. The van der Waals surface area contributed by atoms with E-state index in [0.717, 1.165) is 22.7 Å². The predicted molar refractivity (Wildman–Crippen MR) is 135 cm³/mol. The lowest BCUT2D eigenvalue weighted by Gasteiger charge is -2.34. The Bertz CT molecular complexity index is 1410. The number of nitrogens with one attached hydrogen (secondary N) is 2. The predicted octanol–water partition coefficient (Wildman–Crippen LogP) is 6.16. The third-order valence-electron chi connectivity index (χ3n) is 6.76. The Balaban J connectivity index is 1.48. The SMILES string of the molecule is O=C1C[C@H](c2ccco2)CC2=C1[C@H](c1ccccc1)N(C(=O)NCc1ccco1)c1ccccc1N2. The number of ketones is 1. The molecule has 36 heavy (non-hydrogen) atoms. The van der Waals surface area contributed by atoms with Crippen molar-refractivity contribution in [2.75, 3.05) is 10.2 Å². The normalized spacial score (nSPS) is 19.2. The second-order valence-corrected chi connectivity index (χ2v) is 9.00. The van der Waals surface area contributed by atoms with Gasteiger partial charge < -0.3 is 19.5 Å². The Kier molecular flexibility index (Phi) is 5.65. The van der Waals surface area contributed by atoms with E-state index in [9.17, 15) is 9.59 Å². The van der Waals surface area contributed by atoms with E-state index in [1.54, 1.807) is 23.5 Å². The number of furan rings is 2. The van der Waals surface area contributed by atoms with Crippen LogP contribution in [0, 0.1) is 0 Å². The second-order valence-electron chi connectivity index (χ2n) is 9.00. The van der Waals surface area contributed by atoms with Crippen LogP contribution in [0.5, 0.6) is 0 Å². The lowest BCUT2D eigenvalue weighted by Crippen LogP contribution is -2.44. The maximum absolute atomic E-state index is 13.8. The van der Waals surface area contributed by atoms with Crippen molar-refractivity contribution in [3.05, 3.63) is 120 Å². The fraction of sp³-hybridized carbons (Fsp3) is 0.172. The van der Waals surface area contributed by atoms with Gasteiger partial charge in [0.05, 0.1) is 36.5 Å². The molecule has 180 valence electrons. The van der Waals surface area contributed by atoms with Gasteiger partial charge in [0.15, 0.2) is 5.78 Å². The zero-order valence-electron chi connectivity index (χ0n) is 19.5. The zero-order chi connectivity index (χ0) is 24.5. The van der Waals surface area contributed by atoms with Crippen LogP contribution in [-0.4, -0.2) is 11.8 Å². The smallest absolute Gasteiger partial charge is 0.323 e. The first-order valence-electron chi connectivity index (χ1n) is 12.0. The zero-order valence-corrected chi connectivity index (χ0v) is 19.5. The van der Waals surface area contributed by atoms with E-state index >= 15 is 0 Å². The van der Waals surface area contributed by atoms with Gasteiger partial charge in [0.25, 0.3) is 0 Å². The van der Waals surface area contributed by atoms with Crippen LogP contribution >= 0.6 is 0 Å². The van der Waals surface area contributed by atoms with Gasteiger partial charge in [-0.1, -0.05) is 42.5 Å². The van der Waals surface area contributed by atoms with Gasteiger partial charge in [0.2, 0.25) is 0 Å². The Hall–Kier alpha value is -4.52. The molecular weight excluding hydrogens is 454 g/mol. The molecule has 7 heteroatoms.